The fourth-order valence-corrected chi connectivity index (χ4v) is 3.39. The Balaban J connectivity index is 2.21. The van der Waals surface area contributed by atoms with Crippen LogP contribution in [0.3, 0.4) is 0 Å². The molecular weight excluding hydrogens is 256 g/mol. The molecule has 3 heteroatoms. The summed E-state index contributed by atoms with van der Waals surface area (Å²) in [6.45, 7) is 2.07. The molecule has 1 aromatic heterocycles. The molecule has 1 heterocycles. The van der Waals surface area contributed by atoms with Gasteiger partial charge in [-0.15, -0.1) is 0 Å². The van der Waals surface area contributed by atoms with Crippen molar-refractivity contribution in [2.45, 2.75) is 38.5 Å². The molecule has 19 heavy (non-hydrogen) atoms. The number of nitrogens with zero attached hydrogens (tertiary/aromatic N) is 1. The number of anilines is 1. The standard InChI is InChI=1S/C16H19ClN2/c1-10-7-12-15(18-2)9-14(11-5-3-4-6-11)19-16(12)13(17)8-10/h7-9,11H,3-6H2,1-2H3,(H,18,19). The van der Waals surface area contributed by atoms with Gasteiger partial charge in [-0.25, -0.2) is 0 Å². The average molecular weight is 275 g/mol. The summed E-state index contributed by atoms with van der Waals surface area (Å²) in [6, 6.07) is 6.35. The van der Waals surface area contributed by atoms with E-state index in [9.17, 15) is 0 Å². The highest BCUT2D eigenvalue weighted by Crippen LogP contribution is 2.37. The van der Waals surface area contributed by atoms with E-state index in [1.165, 1.54) is 36.9 Å². The molecule has 0 amide bonds. The van der Waals surface area contributed by atoms with Crippen molar-refractivity contribution >= 4 is 28.2 Å². The number of pyridine rings is 1. The van der Waals surface area contributed by atoms with Gasteiger partial charge in [-0.05, 0) is 43.5 Å². The van der Waals surface area contributed by atoms with Gasteiger partial charge in [-0.1, -0.05) is 24.4 Å². The Morgan fingerprint density at radius 3 is 2.63 bits per heavy atom. The van der Waals surface area contributed by atoms with Gasteiger partial charge in [0.25, 0.3) is 0 Å². The van der Waals surface area contributed by atoms with E-state index in [0.29, 0.717) is 5.92 Å². The van der Waals surface area contributed by atoms with Crippen molar-refractivity contribution < 1.29 is 0 Å². The second-order valence-corrected chi connectivity index (χ2v) is 5.88. The monoisotopic (exact) mass is 274 g/mol. The first-order valence-electron chi connectivity index (χ1n) is 6.97. The first-order valence-corrected chi connectivity index (χ1v) is 7.35. The second kappa shape index (κ2) is 5.01. The van der Waals surface area contributed by atoms with Gasteiger partial charge in [0.1, 0.15) is 0 Å². The molecule has 3 rings (SSSR count). The number of nitrogens with one attached hydrogen (secondary N) is 1. The lowest BCUT2D eigenvalue weighted by Gasteiger charge is -2.14. The van der Waals surface area contributed by atoms with E-state index in [1.807, 2.05) is 13.1 Å². The van der Waals surface area contributed by atoms with Crippen molar-refractivity contribution in [1.82, 2.24) is 4.98 Å². The van der Waals surface area contributed by atoms with Gasteiger partial charge < -0.3 is 5.32 Å². The molecule has 1 aliphatic rings. The van der Waals surface area contributed by atoms with Crippen LogP contribution in [0.5, 0.6) is 0 Å². The molecule has 0 aliphatic heterocycles. The molecule has 100 valence electrons. The van der Waals surface area contributed by atoms with E-state index in [-0.39, 0.29) is 0 Å². The van der Waals surface area contributed by atoms with Gasteiger partial charge in [-0.2, -0.15) is 0 Å². The summed E-state index contributed by atoms with van der Waals surface area (Å²) in [6.07, 6.45) is 5.15. The Hall–Kier alpha value is -1.28. The van der Waals surface area contributed by atoms with Gasteiger partial charge in [-0.3, -0.25) is 4.98 Å². The molecule has 0 unspecified atom stereocenters. The predicted molar refractivity (Wildman–Crippen MR) is 82.2 cm³/mol. The molecule has 0 atom stereocenters. The first kappa shape index (κ1) is 12.7. The van der Waals surface area contributed by atoms with Crippen LogP contribution in [0.25, 0.3) is 10.9 Å². The fourth-order valence-electron chi connectivity index (χ4n) is 3.08. The minimum Gasteiger partial charge on any atom is -0.388 e. The number of fused-ring (bicyclic) bond motifs is 1. The van der Waals surface area contributed by atoms with Crippen molar-refractivity contribution in [2.24, 2.45) is 0 Å². The number of hydrogen-bond donors (Lipinski definition) is 1. The van der Waals surface area contributed by atoms with E-state index < -0.39 is 0 Å². The lowest BCUT2D eigenvalue weighted by molar-refractivity contribution is 0.701. The summed E-state index contributed by atoms with van der Waals surface area (Å²) in [7, 11) is 1.96. The minimum absolute atomic E-state index is 0.605. The topological polar surface area (TPSA) is 24.9 Å². The molecule has 1 N–H and O–H groups in total. The zero-order chi connectivity index (χ0) is 13.4. The lowest BCUT2D eigenvalue weighted by Crippen LogP contribution is -2.01. The maximum absolute atomic E-state index is 6.38. The number of benzene rings is 1. The molecule has 0 bridgehead atoms. The van der Waals surface area contributed by atoms with Crippen LogP contribution in [0.2, 0.25) is 5.02 Å². The third kappa shape index (κ3) is 2.30. The Bertz CT molecular complexity index is 616. The zero-order valence-electron chi connectivity index (χ0n) is 11.5. The molecule has 1 aliphatic carbocycles. The van der Waals surface area contributed by atoms with Crippen LogP contribution < -0.4 is 5.32 Å². The highest BCUT2D eigenvalue weighted by atomic mass is 35.5. The van der Waals surface area contributed by atoms with Crippen LogP contribution in [-0.4, -0.2) is 12.0 Å². The van der Waals surface area contributed by atoms with Crippen LogP contribution in [0.4, 0.5) is 5.69 Å². The average Bonchev–Trinajstić information content (AvgIpc) is 2.91. The van der Waals surface area contributed by atoms with Crippen LogP contribution in [0, 0.1) is 6.92 Å². The fraction of sp³-hybridized carbons (Fsp3) is 0.438. The highest BCUT2D eigenvalue weighted by Gasteiger charge is 2.20. The van der Waals surface area contributed by atoms with Gasteiger partial charge >= 0.3 is 0 Å². The summed E-state index contributed by atoms with van der Waals surface area (Å²) in [5, 5.41) is 5.17. The molecule has 2 aromatic rings. The Morgan fingerprint density at radius 2 is 1.95 bits per heavy atom. The quantitative estimate of drug-likeness (QED) is 0.843. The molecule has 2 nitrogen and oxygen atoms in total. The summed E-state index contributed by atoms with van der Waals surface area (Å²) < 4.78 is 0. The second-order valence-electron chi connectivity index (χ2n) is 5.47. The molecule has 0 saturated heterocycles. The number of hydrogen-bond acceptors (Lipinski definition) is 2. The number of aromatic nitrogens is 1. The van der Waals surface area contributed by atoms with Crippen LogP contribution in [0.15, 0.2) is 18.2 Å². The number of rotatable bonds is 2. The molecule has 0 radical (unpaired) electrons. The third-order valence-corrected chi connectivity index (χ3v) is 4.36. The molecule has 1 saturated carbocycles. The van der Waals surface area contributed by atoms with E-state index in [1.54, 1.807) is 0 Å². The maximum Gasteiger partial charge on any atom is 0.0912 e. The minimum atomic E-state index is 0.605. The summed E-state index contributed by atoms with van der Waals surface area (Å²) in [5.41, 5.74) is 4.43. The SMILES string of the molecule is CNc1cc(C2CCCC2)nc2c(Cl)cc(C)cc12. The maximum atomic E-state index is 6.38. The van der Waals surface area contributed by atoms with E-state index in [4.69, 9.17) is 16.6 Å². The predicted octanol–water partition coefficient (Wildman–Crippen LogP) is 4.90. The van der Waals surface area contributed by atoms with Gasteiger partial charge in [0.2, 0.25) is 0 Å². The summed E-state index contributed by atoms with van der Waals surface area (Å²) in [5.74, 6) is 0.605. The Morgan fingerprint density at radius 1 is 1.21 bits per heavy atom. The Kier molecular flexibility index (Phi) is 3.36. The summed E-state index contributed by atoms with van der Waals surface area (Å²) in [4.78, 5) is 4.83. The van der Waals surface area contributed by atoms with Crippen molar-refractivity contribution in [1.29, 1.82) is 0 Å². The Labute approximate surface area is 119 Å². The highest BCUT2D eigenvalue weighted by molar-refractivity contribution is 6.35. The first-order chi connectivity index (χ1) is 9.19. The van der Waals surface area contributed by atoms with Gasteiger partial charge in [0, 0.05) is 29.7 Å². The van der Waals surface area contributed by atoms with Gasteiger partial charge in [0.05, 0.1) is 10.5 Å². The lowest BCUT2D eigenvalue weighted by atomic mass is 10.0. The smallest absolute Gasteiger partial charge is 0.0912 e. The van der Waals surface area contributed by atoms with Gasteiger partial charge in [0.15, 0.2) is 0 Å². The molecule has 0 spiro atoms. The number of halogens is 1. The largest absolute Gasteiger partial charge is 0.388 e. The van der Waals surface area contributed by atoms with E-state index in [0.717, 1.165) is 21.6 Å². The third-order valence-electron chi connectivity index (χ3n) is 4.07. The van der Waals surface area contributed by atoms with Crippen molar-refractivity contribution in [2.75, 3.05) is 12.4 Å². The van der Waals surface area contributed by atoms with Crippen LogP contribution in [-0.2, 0) is 0 Å². The molecule has 1 fully saturated rings. The molecular formula is C16H19ClN2. The van der Waals surface area contributed by atoms with Crippen molar-refractivity contribution in [3.63, 3.8) is 0 Å². The van der Waals surface area contributed by atoms with Crippen molar-refractivity contribution in [3.8, 4) is 0 Å². The van der Waals surface area contributed by atoms with E-state index in [2.05, 4.69) is 24.4 Å². The van der Waals surface area contributed by atoms with Crippen LogP contribution >= 0.6 is 11.6 Å². The molecule has 1 aromatic carbocycles. The van der Waals surface area contributed by atoms with Crippen molar-refractivity contribution in [3.05, 3.63) is 34.5 Å². The normalized spacial score (nSPS) is 16.2. The van der Waals surface area contributed by atoms with E-state index >= 15 is 0 Å². The zero-order valence-corrected chi connectivity index (χ0v) is 12.2. The number of aryl methyl sites for hydroxylation is 1. The summed E-state index contributed by atoms with van der Waals surface area (Å²) >= 11 is 6.38. The van der Waals surface area contributed by atoms with Crippen LogP contribution in [0.1, 0.15) is 42.9 Å².